The zero-order valence-electron chi connectivity index (χ0n) is 11.0. The van der Waals surface area contributed by atoms with Crippen molar-refractivity contribution in [3.05, 3.63) is 42.0 Å². The van der Waals surface area contributed by atoms with E-state index in [1.54, 1.807) is 30.3 Å². The molecular weight excluding hydrogens is 314 g/mol. The Morgan fingerprint density at radius 2 is 1.90 bits per heavy atom. The molecule has 112 valence electrons. The van der Waals surface area contributed by atoms with Gasteiger partial charge in [0.15, 0.2) is 0 Å². The van der Waals surface area contributed by atoms with E-state index in [1.165, 1.54) is 6.07 Å². The highest BCUT2D eigenvalue weighted by Gasteiger charge is 2.18. The van der Waals surface area contributed by atoms with E-state index >= 15 is 0 Å². The number of halogens is 1. The predicted octanol–water partition coefficient (Wildman–Crippen LogP) is 2.91. The number of nitrogens with one attached hydrogen (secondary N) is 1. The second-order valence-corrected chi connectivity index (χ2v) is 6.70. The van der Waals surface area contributed by atoms with Crippen LogP contribution in [0.25, 0.3) is 10.8 Å². The van der Waals surface area contributed by atoms with E-state index in [4.69, 9.17) is 11.6 Å². The average molecular weight is 328 g/mol. The van der Waals surface area contributed by atoms with Crippen LogP contribution in [-0.4, -0.2) is 31.1 Å². The molecule has 0 aromatic heterocycles. The number of sulfonamides is 1. The zero-order chi connectivity index (χ0) is 15.5. The van der Waals surface area contributed by atoms with Crippen LogP contribution >= 0.6 is 11.6 Å². The van der Waals surface area contributed by atoms with Crippen molar-refractivity contribution in [3.63, 3.8) is 0 Å². The molecule has 0 saturated heterocycles. The lowest BCUT2D eigenvalue weighted by Gasteiger charge is -2.12. The third-order valence-electron chi connectivity index (χ3n) is 2.96. The molecule has 0 amide bonds. The number of benzene rings is 2. The minimum Gasteiger partial charge on any atom is -0.478 e. The molecule has 0 aliphatic carbocycles. The zero-order valence-corrected chi connectivity index (χ0v) is 12.6. The summed E-state index contributed by atoms with van der Waals surface area (Å²) < 4.78 is 26.1. The Morgan fingerprint density at radius 1 is 1.19 bits per heavy atom. The van der Waals surface area contributed by atoms with Crippen LogP contribution < -0.4 is 4.72 Å². The van der Waals surface area contributed by atoms with Crippen LogP contribution in [0.15, 0.2) is 36.4 Å². The lowest BCUT2D eigenvalue weighted by Crippen LogP contribution is -2.19. The molecule has 0 saturated carbocycles. The highest BCUT2D eigenvalue weighted by Crippen LogP contribution is 2.27. The highest BCUT2D eigenvalue weighted by atomic mass is 35.5. The summed E-state index contributed by atoms with van der Waals surface area (Å²) >= 11 is 5.48. The van der Waals surface area contributed by atoms with Crippen molar-refractivity contribution in [2.45, 2.75) is 6.42 Å². The summed E-state index contributed by atoms with van der Waals surface area (Å²) in [5.74, 6) is -1.10. The van der Waals surface area contributed by atoms with Crippen LogP contribution in [0.4, 0.5) is 5.69 Å². The van der Waals surface area contributed by atoms with Gasteiger partial charge < -0.3 is 5.11 Å². The van der Waals surface area contributed by atoms with E-state index in [2.05, 4.69) is 4.72 Å². The van der Waals surface area contributed by atoms with Gasteiger partial charge in [0.25, 0.3) is 0 Å². The Balaban J connectivity index is 2.49. The lowest BCUT2D eigenvalue weighted by molar-refractivity contribution is 0.0700. The van der Waals surface area contributed by atoms with E-state index in [1.807, 2.05) is 0 Å². The minimum atomic E-state index is -3.62. The van der Waals surface area contributed by atoms with Crippen LogP contribution in [0.3, 0.4) is 0 Å². The molecule has 5 nitrogen and oxygen atoms in total. The number of aromatic carboxylic acids is 1. The molecule has 2 aromatic carbocycles. The van der Waals surface area contributed by atoms with Crippen LogP contribution in [0.5, 0.6) is 0 Å². The highest BCUT2D eigenvalue weighted by molar-refractivity contribution is 7.92. The van der Waals surface area contributed by atoms with Crippen LogP contribution in [-0.2, 0) is 10.0 Å². The first-order chi connectivity index (χ1) is 9.94. The maximum absolute atomic E-state index is 11.9. The Kier molecular flexibility index (Phi) is 4.69. The summed E-state index contributed by atoms with van der Waals surface area (Å²) in [6.45, 7) is 0. The largest absolute Gasteiger partial charge is 0.478 e. The number of fused-ring (bicyclic) bond motifs is 1. The Labute approximate surface area is 127 Å². The number of carboxylic acids is 1. The van der Waals surface area contributed by atoms with Gasteiger partial charge in [-0.1, -0.05) is 30.3 Å². The Bertz CT molecular complexity index is 774. The second-order valence-electron chi connectivity index (χ2n) is 4.48. The Hall–Kier alpha value is -1.79. The molecule has 21 heavy (non-hydrogen) atoms. The number of rotatable bonds is 6. The van der Waals surface area contributed by atoms with Crippen molar-refractivity contribution in [1.29, 1.82) is 0 Å². The summed E-state index contributed by atoms with van der Waals surface area (Å²) in [7, 11) is -3.62. The summed E-state index contributed by atoms with van der Waals surface area (Å²) in [4.78, 5) is 11.5. The molecule has 2 N–H and O–H groups in total. The first-order valence-corrected chi connectivity index (χ1v) is 8.45. The van der Waals surface area contributed by atoms with Crippen molar-refractivity contribution in [1.82, 2.24) is 0 Å². The van der Waals surface area contributed by atoms with Gasteiger partial charge in [0.05, 0.1) is 17.0 Å². The number of carboxylic acid groups (broad SMARTS) is 1. The quantitative estimate of drug-likeness (QED) is 0.799. The van der Waals surface area contributed by atoms with Gasteiger partial charge in [-0.2, -0.15) is 0 Å². The van der Waals surface area contributed by atoms with Gasteiger partial charge in [-0.25, -0.2) is 13.2 Å². The summed E-state index contributed by atoms with van der Waals surface area (Å²) in [6, 6.07) is 10.1. The van der Waals surface area contributed by atoms with Gasteiger partial charge in [0, 0.05) is 5.88 Å². The van der Waals surface area contributed by atoms with E-state index in [0.717, 1.165) is 5.39 Å². The molecule has 0 bridgehead atoms. The number of anilines is 1. The van der Waals surface area contributed by atoms with E-state index in [0.29, 0.717) is 11.8 Å². The third-order valence-corrected chi connectivity index (χ3v) is 4.58. The van der Waals surface area contributed by atoms with Gasteiger partial charge in [-0.3, -0.25) is 4.72 Å². The van der Waals surface area contributed by atoms with Crippen molar-refractivity contribution in [2.75, 3.05) is 16.4 Å². The fourth-order valence-corrected chi connectivity index (χ4v) is 3.47. The molecule has 0 aliphatic rings. The summed E-state index contributed by atoms with van der Waals surface area (Å²) in [5.41, 5.74) is 0.0123. The molecule has 0 aliphatic heterocycles. The first-order valence-electron chi connectivity index (χ1n) is 6.26. The fraction of sp³-hybridized carbons (Fsp3) is 0.214. The summed E-state index contributed by atoms with van der Waals surface area (Å²) in [5, 5.41) is 10.6. The maximum Gasteiger partial charge on any atom is 0.338 e. The molecule has 2 aromatic rings. The molecular formula is C14H14ClNO4S. The first kappa shape index (κ1) is 15.6. The molecule has 7 heteroatoms. The molecule has 0 unspecified atom stereocenters. The third kappa shape index (κ3) is 3.65. The van der Waals surface area contributed by atoms with Crippen LogP contribution in [0.1, 0.15) is 16.8 Å². The van der Waals surface area contributed by atoms with Crippen LogP contribution in [0.2, 0.25) is 0 Å². The van der Waals surface area contributed by atoms with Gasteiger partial charge in [-0.05, 0) is 23.3 Å². The SMILES string of the molecule is O=C(O)c1c(NS(=O)(=O)CCCCl)ccc2ccccc12. The van der Waals surface area contributed by atoms with Crippen LogP contribution in [0, 0.1) is 0 Å². The lowest BCUT2D eigenvalue weighted by atomic mass is 10.0. The number of carbonyl (C=O) groups is 1. The molecule has 0 spiro atoms. The average Bonchev–Trinajstić information content (AvgIpc) is 2.44. The number of hydrogen-bond acceptors (Lipinski definition) is 3. The maximum atomic E-state index is 11.9. The normalized spacial score (nSPS) is 11.5. The van der Waals surface area contributed by atoms with Gasteiger partial charge in [-0.15, -0.1) is 11.6 Å². The monoisotopic (exact) mass is 327 g/mol. The molecule has 0 fully saturated rings. The fourth-order valence-electron chi connectivity index (χ4n) is 2.05. The predicted molar refractivity (Wildman–Crippen MR) is 83.7 cm³/mol. The molecule has 0 heterocycles. The van der Waals surface area contributed by atoms with Gasteiger partial charge in [0.2, 0.25) is 10.0 Å². The van der Waals surface area contributed by atoms with Crippen molar-refractivity contribution >= 4 is 44.1 Å². The van der Waals surface area contributed by atoms with Gasteiger partial charge in [0.1, 0.15) is 0 Å². The van der Waals surface area contributed by atoms with Gasteiger partial charge >= 0.3 is 5.97 Å². The topological polar surface area (TPSA) is 83.5 Å². The summed E-state index contributed by atoms with van der Waals surface area (Å²) in [6.07, 6.45) is 0.298. The van der Waals surface area contributed by atoms with E-state index < -0.39 is 16.0 Å². The van der Waals surface area contributed by atoms with E-state index in [9.17, 15) is 18.3 Å². The number of hydrogen-bond donors (Lipinski definition) is 2. The van der Waals surface area contributed by atoms with E-state index in [-0.39, 0.29) is 22.9 Å². The minimum absolute atomic E-state index is 0.0532. The van der Waals surface area contributed by atoms with Crippen molar-refractivity contribution in [2.24, 2.45) is 0 Å². The second kappa shape index (κ2) is 6.32. The molecule has 2 rings (SSSR count). The molecule has 0 atom stereocenters. The smallest absolute Gasteiger partial charge is 0.338 e. The number of alkyl halides is 1. The van der Waals surface area contributed by atoms with Crippen molar-refractivity contribution in [3.8, 4) is 0 Å². The standard InChI is InChI=1S/C14H14ClNO4S/c15-8-3-9-21(19,20)16-12-7-6-10-4-1-2-5-11(10)13(12)14(17)18/h1-2,4-7,16H,3,8-9H2,(H,17,18). The Morgan fingerprint density at radius 3 is 2.57 bits per heavy atom. The van der Waals surface area contributed by atoms with Crippen molar-refractivity contribution < 1.29 is 18.3 Å². The molecule has 0 radical (unpaired) electrons.